The summed E-state index contributed by atoms with van der Waals surface area (Å²) in [5.74, 6) is 0. The lowest BCUT2D eigenvalue weighted by molar-refractivity contribution is 0.386. The maximum atomic E-state index is 5.63. The molecule has 1 fully saturated rings. The number of aromatic nitrogens is 2. The number of anilines is 2. The van der Waals surface area contributed by atoms with Gasteiger partial charge in [-0.15, -0.1) is 0 Å². The fraction of sp³-hybridized carbons (Fsp3) is 0.148. The predicted octanol–water partition coefficient (Wildman–Crippen LogP) is 12.5. The van der Waals surface area contributed by atoms with Gasteiger partial charge >= 0.3 is 0 Å². The lowest BCUT2D eigenvalue weighted by Crippen LogP contribution is -2.29. The summed E-state index contributed by atoms with van der Waals surface area (Å²) < 4.78 is 4.70. The van der Waals surface area contributed by atoms with E-state index in [2.05, 4.69) is 215 Å². The highest BCUT2D eigenvalue weighted by Gasteiger charge is 2.25. The Kier molecular flexibility index (Phi) is 10.2. The number of hydrogen-bond donors (Lipinski definition) is 0. The van der Waals surface area contributed by atoms with Crippen molar-refractivity contribution in [2.75, 3.05) is 23.9 Å². The van der Waals surface area contributed by atoms with Gasteiger partial charge in [0, 0.05) is 46.0 Å². The van der Waals surface area contributed by atoms with Crippen molar-refractivity contribution in [3.05, 3.63) is 202 Å². The molecule has 1 saturated carbocycles. The molecule has 4 heterocycles. The van der Waals surface area contributed by atoms with Gasteiger partial charge in [0.2, 0.25) is 0 Å². The molecule has 62 heavy (non-hydrogen) atoms. The second-order valence-corrected chi connectivity index (χ2v) is 18.4. The molecule has 1 aliphatic carbocycles. The van der Waals surface area contributed by atoms with E-state index in [1.807, 2.05) is 23.5 Å². The molecular weight excluding hydrogens is 797 g/mol. The Balaban J connectivity index is 0.975. The van der Waals surface area contributed by atoms with Crippen molar-refractivity contribution in [2.45, 2.75) is 47.6 Å². The Hall–Kier alpha value is -6.48. The molecule has 0 N–H and O–H groups in total. The zero-order valence-electron chi connectivity index (χ0n) is 34.8. The normalized spacial score (nSPS) is 19.3. The standard InChI is InChI=1S/C54H46N6S2/c1-57-47-25-13-15-27-49(47)61-53(57)35-37-33-51(59(41-17-5-3-6-18-41)45-23-11-9-21-43(37)45)55-39-29-31-40(32-30-39)56-52-34-38(36-54-58(2)48-26-14-16-28-50(48)62-54)44-22-10-12-24-46(44)60(52)42-19-7-4-8-20-42/h3-28,33-36,39-40H,29-32H2,1-2H3. The van der Waals surface area contributed by atoms with Crippen LogP contribution in [0.1, 0.15) is 36.8 Å². The molecule has 2 aromatic heterocycles. The monoisotopic (exact) mass is 842 g/mol. The molecule has 0 spiro atoms. The molecule has 6 nitrogen and oxygen atoms in total. The second-order valence-electron chi connectivity index (χ2n) is 16.2. The highest BCUT2D eigenvalue weighted by Crippen LogP contribution is 2.47. The highest BCUT2D eigenvalue weighted by molar-refractivity contribution is 8.04. The van der Waals surface area contributed by atoms with Gasteiger partial charge in [-0.3, -0.25) is 19.1 Å². The van der Waals surface area contributed by atoms with E-state index in [1.165, 1.54) is 53.1 Å². The summed E-state index contributed by atoms with van der Waals surface area (Å²) in [7, 11) is 4.33. The average molecular weight is 843 g/mol. The van der Waals surface area contributed by atoms with E-state index < -0.39 is 0 Å². The molecule has 11 rings (SSSR count). The van der Waals surface area contributed by atoms with Crippen LogP contribution in [0.25, 0.3) is 45.3 Å². The quantitative estimate of drug-likeness (QED) is 0.167. The first kappa shape index (κ1) is 38.4. The molecule has 0 amide bonds. The van der Waals surface area contributed by atoms with Crippen LogP contribution in [-0.2, 0) is 0 Å². The summed E-state index contributed by atoms with van der Waals surface area (Å²) in [5.41, 5.74) is 11.3. The summed E-state index contributed by atoms with van der Waals surface area (Å²) in [6, 6.07) is 61.2. The number of para-hydroxylation sites is 6. The van der Waals surface area contributed by atoms with Gasteiger partial charge in [0.15, 0.2) is 0 Å². The lowest BCUT2D eigenvalue weighted by atomic mass is 9.92. The third-order valence-electron chi connectivity index (χ3n) is 12.4. The molecule has 0 unspecified atom stereocenters. The second kappa shape index (κ2) is 16.4. The third-order valence-corrected chi connectivity index (χ3v) is 14.7. The maximum absolute atomic E-state index is 5.63. The van der Waals surface area contributed by atoms with Gasteiger partial charge in [0.1, 0.15) is 11.0 Å². The van der Waals surface area contributed by atoms with Crippen molar-refractivity contribution in [1.82, 2.24) is 9.13 Å². The summed E-state index contributed by atoms with van der Waals surface area (Å²) in [4.78, 5) is 18.4. The van der Waals surface area contributed by atoms with Crippen molar-refractivity contribution in [3.8, 4) is 11.4 Å². The third kappa shape index (κ3) is 7.17. The molecule has 2 aliphatic heterocycles. The minimum Gasteiger partial charge on any atom is -0.338 e. The van der Waals surface area contributed by atoms with E-state index in [0.29, 0.717) is 0 Å². The van der Waals surface area contributed by atoms with Crippen LogP contribution >= 0.6 is 23.5 Å². The van der Waals surface area contributed by atoms with Crippen LogP contribution < -0.4 is 20.8 Å². The molecular formula is C54H46N6S2. The number of thioether (sulfide) groups is 2. The molecule has 304 valence electrons. The Morgan fingerprint density at radius 3 is 1.24 bits per heavy atom. The van der Waals surface area contributed by atoms with Crippen molar-refractivity contribution < 1.29 is 0 Å². The minimum absolute atomic E-state index is 0.181. The van der Waals surface area contributed by atoms with Crippen LogP contribution in [0.2, 0.25) is 0 Å². The fourth-order valence-corrected chi connectivity index (χ4v) is 11.4. The van der Waals surface area contributed by atoms with E-state index >= 15 is 0 Å². The van der Waals surface area contributed by atoms with Crippen molar-refractivity contribution >= 4 is 68.9 Å². The van der Waals surface area contributed by atoms with Gasteiger partial charge in [-0.25, -0.2) is 0 Å². The van der Waals surface area contributed by atoms with Gasteiger partial charge in [-0.2, -0.15) is 0 Å². The van der Waals surface area contributed by atoms with Crippen molar-refractivity contribution in [1.29, 1.82) is 0 Å². The van der Waals surface area contributed by atoms with Gasteiger partial charge in [0.25, 0.3) is 0 Å². The summed E-state index contributed by atoms with van der Waals surface area (Å²) in [6.07, 6.45) is 8.56. The first-order valence-electron chi connectivity index (χ1n) is 21.5. The minimum atomic E-state index is 0.181. The predicted molar refractivity (Wildman–Crippen MR) is 261 cm³/mol. The van der Waals surface area contributed by atoms with Crippen LogP contribution in [-0.4, -0.2) is 35.3 Å². The van der Waals surface area contributed by atoms with Crippen LogP contribution in [0.5, 0.6) is 0 Å². The van der Waals surface area contributed by atoms with Crippen LogP contribution in [0.15, 0.2) is 200 Å². The first-order valence-corrected chi connectivity index (χ1v) is 23.1. The van der Waals surface area contributed by atoms with E-state index in [9.17, 15) is 0 Å². The number of fused-ring (bicyclic) bond motifs is 4. The summed E-state index contributed by atoms with van der Waals surface area (Å²) in [6.45, 7) is 0. The molecule has 8 aromatic rings. The summed E-state index contributed by atoms with van der Waals surface area (Å²) in [5, 5.41) is 4.83. The number of pyridine rings is 2. The SMILES string of the molecule is CN1C(=Cc2cc(=NC3CCC(N=c4cc(C=C5Sc6ccccc6N5C)c5ccccc5n4-c4ccccc4)CC3)n(-c3ccccc3)c3ccccc23)Sc2ccccc21. The topological polar surface area (TPSA) is 41.1 Å². The molecule has 8 heteroatoms. The fourth-order valence-electron chi connectivity index (χ4n) is 9.21. The zero-order chi connectivity index (χ0) is 41.6. The first-order chi connectivity index (χ1) is 30.6. The van der Waals surface area contributed by atoms with E-state index in [0.717, 1.165) is 59.1 Å². The van der Waals surface area contributed by atoms with Crippen LogP contribution in [0.4, 0.5) is 11.4 Å². The highest BCUT2D eigenvalue weighted by atomic mass is 32.2. The Labute approximate surface area is 370 Å². The lowest BCUT2D eigenvalue weighted by Gasteiger charge is -2.25. The van der Waals surface area contributed by atoms with E-state index in [4.69, 9.17) is 9.98 Å². The summed E-state index contributed by atoms with van der Waals surface area (Å²) >= 11 is 3.66. The number of benzene rings is 6. The molecule has 0 radical (unpaired) electrons. The molecule has 6 aromatic carbocycles. The number of hydrogen-bond acceptors (Lipinski definition) is 6. The van der Waals surface area contributed by atoms with Crippen molar-refractivity contribution in [2.24, 2.45) is 9.98 Å². The van der Waals surface area contributed by atoms with Crippen LogP contribution in [0, 0.1) is 0 Å². The zero-order valence-corrected chi connectivity index (χ0v) is 36.4. The van der Waals surface area contributed by atoms with Gasteiger partial charge in [-0.05, 0) is 122 Å². The van der Waals surface area contributed by atoms with Gasteiger partial charge < -0.3 is 9.80 Å². The smallest absolute Gasteiger partial charge is 0.133 e. The van der Waals surface area contributed by atoms with Crippen LogP contribution in [0.3, 0.4) is 0 Å². The van der Waals surface area contributed by atoms with E-state index in [-0.39, 0.29) is 12.1 Å². The largest absolute Gasteiger partial charge is 0.338 e. The Bertz CT molecular complexity index is 2980. The molecule has 3 aliphatic rings. The molecule has 0 atom stereocenters. The Morgan fingerprint density at radius 1 is 0.452 bits per heavy atom. The maximum Gasteiger partial charge on any atom is 0.133 e. The van der Waals surface area contributed by atoms with E-state index in [1.54, 1.807) is 0 Å². The molecule has 0 bridgehead atoms. The van der Waals surface area contributed by atoms with Gasteiger partial charge in [0.05, 0.1) is 44.5 Å². The number of nitrogens with zero attached hydrogens (tertiary/aromatic N) is 6. The number of rotatable bonds is 6. The Morgan fingerprint density at radius 2 is 0.823 bits per heavy atom. The van der Waals surface area contributed by atoms with Gasteiger partial charge in [-0.1, -0.05) is 121 Å². The molecule has 0 saturated heterocycles. The average Bonchev–Trinajstić information content (AvgIpc) is 3.81. The van der Waals surface area contributed by atoms with Crippen molar-refractivity contribution in [3.63, 3.8) is 0 Å².